The van der Waals surface area contributed by atoms with E-state index in [2.05, 4.69) is 10.3 Å². The summed E-state index contributed by atoms with van der Waals surface area (Å²) in [5.74, 6) is -0.303. The zero-order valence-electron chi connectivity index (χ0n) is 13.6. The van der Waals surface area contributed by atoms with Gasteiger partial charge in [-0.15, -0.1) is 22.7 Å². The van der Waals surface area contributed by atoms with Crippen LogP contribution in [0.25, 0.3) is 0 Å². The summed E-state index contributed by atoms with van der Waals surface area (Å²) in [6.45, 7) is 0.522. The number of aromatic nitrogens is 1. The smallest absolute Gasteiger partial charge is 0.226 e. The predicted octanol–water partition coefficient (Wildman–Crippen LogP) is 4.18. The third-order valence-corrected chi connectivity index (χ3v) is 6.35. The first-order valence-electron chi connectivity index (χ1n) is 7.75. The SMILES string of the molecule is O=C(Cc1csc(SCC(=O)c2ccc(F)cc2)n1)NCc1cccs1. The molecule has 0 saturated heterocycles. The molecule has 0 spiro atoms. The van der Waals surface area contributed by atoms with Gasteiger partial charge in [-0.05, 0) is 35.7 Å². The lowest BCUT2D eigenvalue weighted by Crippen LogP contribution is -2.24. The molecule has 0 atom stereocenters. The second-order valence-corrected chi connectivity index (χ2v) is 8.47. The number of thiazole rings is 1. The maximum absolute atomic E-state index is 12.9. The second-order valence-electron chi connectivity index (χ2n) is 5.36. The van der Waals surface area contributed by atoms with E-state index in [0.717, 1.165) is 9.22 Å². The highest BCUT2D eigenvalue weighted by Gasteiger charge is 2.11. The van der Waals surface area contributed by atoms with Gasteiger partial charge in [-0.25, -0.2) is 9.37 Å². The lowest BCUT2D eigenvalue weighted by Gasteiger charge is -2.01. The van der Waals surface area contributed by atoms with Crippen molar-refractivity contribution in [1.82, 2.24) is 10.3 Å². The Labute approximate surface area is 162 Å². The number of nitrogens with one attached hydrogen (secondary N) is 1. The summed E-state index contributed by atoms with van der Waals surface area (Å²) in [6.07, 6.45) is 0.217. The minimum Gasteiger partial charge on any atom is -0.351 e. The van der Waals surface area contributed by atoms with Crippen molar-refractivity contribution in [1.29, 1.82) is 0 Å². The number of thiophene rings is 1. The summed E-state index contributed by atoms with van der Waals surface area (Å²) >= 11 is 4.33. The Balaban J connectivity index is 1.46. The van der Waals surface area contributed by atoms with Gasteiger partial charge in [0.2, 0.25) is 5.91 Å². The number of halogens is 1. The third kappa shape index (κ3) is 5.48. The van der Waals surface area contributed by atoms with Crippen LogP contribution in [0, 0.1) is 5.82 Å². The molecule has 8 heteroatoms. The molecule has 0 aliphatic heterocycles. The van der Waals surface area contributed by atoms with Crippen molar-refractivity contribution in [2.75, 3.05) is 5.75 Å². The zero-order chi connectivity index (χ0) is 18.4. The van der Waals surface area contributed by atoms with Crippen molar-refractivity contribution >= 4 is 46.1 Å². The first kappa shape index (κ1) is 18.8. The van der Waals surface area contributed by atoms with Crippen molar-refractivity contribution in [2.45, 2.75) is 17.3 Å². The number of nitrogens with zero attached hydrogens (tertiary/aromatic N) is 1. The highest BCUT2D eigenvalue weighted by atomic mass is 32.2. The Morgan fingerprint density at radius 2 is 1.96 bits per heavy atom. The Morgan fingerprint density at radius 3 is 2.69 bits per heavy atom. The fraction of sp³-hybridized carbons (Fsp3) is 0.167. The summed E-state index contributed by atoms with van der Waals surface area (Å²) < 4.78 is 13.6. The van der Waals surface area contributed by atoms with Crippen LogP contribution in [0.15, 0.2) is 51.5 Å². The van der Waals surface area contributed by atoms with Crippen molar-refractivity contribution in [3.8, 4) is 0 Å². The van der Waals surface area contributed by atoms with Crippen LogP contribution < -0.4 is 5.32 Å². The number of amides is 1. The normalized spacial score (nSPS) is 10.7. The minimum absolute atomic E-state index is 0.0809. The number of carbonyl (C=O) groups excluding carboxylic acids is 2. The molecule has 1 amide bonds. The molecule has 0 unspecified atom stereocenters. The summed E-state index contributed by atoms with van der Waals surface area (Å²) in [7, 11) is 0. The molecular weight excluding hydrogens is 391 g/mol. The van der Waals surface area contributed by atoms with Crippen LogP contribution in [0.4, 0.5) is 4.39 Å². The molecule has 0 aliphatic carbocycles. The van der Waals surface area contributed by atoms with Crippen molar-refractivity contribution in [3.05, 3.63) is 69.1 Å². The van der Waals surface area contributed by atoms with E-state index in [1.54, 1.807) is 11.3 Å². The molecule has 0 bridgehead atoms. The van der Waals surface area contributed by atoms with E-state index in [-0.39, 0.29) is 29.7 Å². The van der Waals surface area contributed by atoms with Crippen LogP contribution in [0.1, 0.15) is 20.9 Å². The van der Waals surface area contributed by atoms with Crippen LogP contribution in [0.5, 0.6) is 0 Å². The third-order valence-electron chi connectivity index (χ3n) is 3.41. The molecule has 26 heavy (non-hydrogen) atoms. The Hall–Kier alpha value is -2.03. The van der Waals surface area contributed by atoms with Gasteiger partial charge in [0.1, 0.15) is 5.82 Å². The monoisotopic (exact) mass is 406 g/mol. The van der Waals surface area contributed by atoms with Gasteiger partial charge in [0.25, 0.3) is 0 Å². The number of thioether (sulfide) groups is 1. The number of carbonyl (C=O) groups is 2. The molecule has 0 saturated carbocycles. The number of hydrogen-bond donors (Lipinski definition) is 1. The van der Waals surface area contributed by atoms with Crippen LogP contribution >= 0.6 is 34.4 Å². The van der Waals surface area contributed by atoms with E-state index < -0.39 is 0 Å². The average molecular weight is 407 g/mol. The number of Topliss-reactive ketones (excluding diaryl/α,β-unsaturated/α-hetero) is 1. The first-order valence-corrected chi connectivity index (χ1v) is 10.5. The summed E-state index contributed by atoms with van der Waals surface area (Å²) in [4.78, 5) is 29.5. The molecule has 3 rings (SSSR count). The lowest BCUT2D eigenvalue weighted by molar-refractivity contribution is -0.120. The highest BCUT2D eigenvalue weighted by Crippen LogP contribution is 2.24. The van der Waals surface area contributed by atoms with Crippen LogP contribution in [0.2, 0.25) is 0 Å². The van der Waals surface area contributed by atoms with E-state index in [1.807, 2.05) is 22.9 Å². The van der Waals surface area contributed by atoms with Crippen LogP contribution in [-0.2, 0) is 17.8 Å². The quantitative estimate of drug-likeness (QED) is 0.450. The Morgan fingerprint density at radius 1 is 1.15 bits per heavy atom. The van der Waals surface area contributed by atoms with E-state index in [1.165, 1.54) is 47.4 Å². The molecule has 1 N–H and O–H groups in total. The number of benzene rings is 1. The topological polar surface area (TPSA) is 59.1 Å². The van der Waals surface area contributed by atoms with Gasteiger partial charge in [-0.3, -0.25) is 9.59 Å². The fourth-order valence-electron chi connectivity index (χ4n) is 2.11. The summed E-state index contributed by atoms with van der Waals surface area (Å²) in [5.41, 5.74) is 1.17. The molecule has 134 valence electrons. The standard InChI is InChI=1S/C18H15FN2O2S3/c19-13-5-3-12(4-6-13)16(22)11-26-18-21-14(10-25-18)8-17(23)20-9-15-2-1-7-24-15/h1-7,10H,8-9,11H2,(H,20,23). The molecule has 0 radical (unpaired) electrons. The van der Waals surface area contributed by atoms with Gasteiger partial charge in [-0.1, -0.05) is 17.8 Å². The molecule has 1 aromatic carbocycles. The van der Waals surface area contributed by atoms with Gasteiger partial charge in [0.15, 0.2) is 10.1 Å². The summed E-state index contributed by atoms with van der Waals surface area (Å²) in [6, 6.07) is 9.42. The van der Waals surface area contributed by atoms with E-state index in [4.69, 9.17) is 0 Å². The van der Waals surface area contributed by atoms with Gasteiger partial charge < -0.3 is 5.32 Å². The van der Waals surface area contributed by atoms with Gasteiger partial charge in [0.05, 0.1) is 24.4 Å². The van der Waals surface area contributed by atoms with Crippen molar-refractivity contribution in [3.63, 3.8) is 0 Å². The van der Waals surface area contributed by atoms with E-state index in [0.29, 0.717) is 17.8 Å². The number of ketones is 1. The van der Waals surface area contributed by atoms with Crippen LogP contribution in [0.3, 0.4) is 0 Å². The maximum atomic E-state index is 12.9. The summed E-state index contributed by atoms with van der Waals surface area (Å²) in [5, 5.41) is 6.66. The largest absolute Gasteiger partial charge is 0.351 e. The maximum Gasteiger partial charge on any atom is 0.226 e. The molecule has 2 aromatic heterocycles. The molecule has 0 aliphatic rings. The zero-order valence-corrected chi connectivity index (χ0v) is 16.1. The fourth-order valence-corrected chi connectivity index (χ4v) is 4.49. The molecular formula is C18H15FN2O2S3. The van der Waals surface area contributed by atoms with Crippen molar-refractivity contribution in [2.24, 2.45) is 0 Å². The first-order chi connectivity index (χ1) is 12.6. The van der Waals surface area contributed by atoms with Gasteiger partial charge >= 0.3 is 0 Å². The van der Waals surface area contributed by atoms with Crippen LogP contribution in [-0.4, -0.2) is 22.4 Å². The number of rotatable bonds is 8. The second kappa shape index (κ2) is 9.07. The Bertz CT molecular complexity index is 876. The van der Waals surface area contributed by atoms with Crippen molar-refractivity contribution < 1.29 is 14.0 Å². The van der Waals surface area contributed by atoms with Gasteiger partial charge in [0, 0.05) is 15.8 Å². The number of hydrogen-bond acceptors (Lipinski definition) is 6. The molecule has 2 heterocycles. The Kier molecular flexibility index (Phi) is 6.54. The molecule has 4 nitrogen and oxygen atoms in total. The molecule has 3 aromatic rings. The van der Waals surface area contributed by atoms with E-state index in [9.17, 15) is 14.0 Å². The van der Waals surface area contributed by atoms with E-state index >= 15 is 0 Å². The molecule has 0 fully saturated rings. The minimum atomic E-state index is -0.365. The predicted molar refractivity (Wildman–Crippen MR) is 103 cm³/mol. The van der Waals surface area contributed by atoms with Gasteiger partial charge in [-0.2, -0.15) is 0 Å². The lowest BCUT2D eigenvalue weighted by atomic mass is 10.1. The average Bonchev–Trinajstić information content (AvgIpc) is 3.30. The highest BCUT2D eigenvalue weighted by molar-refractivity contribution is 8.01.